The standard InChI is InChI=1S/C10H20N2OS/c1-2-3-9(11)8-10(13)12-4-6-14-7-5-12/h9H,2-8,11H2,1H3. The molecule has 2 N–H and O–H groups in total. The second-order valence-electron chi connectivity index (χ2n) is 3.75. The minimum Gasteiger partial charge on any atom is -0.341 e. The van der Waals surface area contributed by atoms with Gasteiger partial charge in [0.1, 0.15) is 0 Å². The van der Waals surface area contributed by atoms with E-state index in [0.717, 1.165) is 37.4 Å². The fourth-order valence-electron chi connectivity index (χ4n) is 1.64. The predicted octanol–water partition coefficient (Wildman–Crippen LogP) is 1.08. The van der Waals surface area contributed by atoms with Gasteiger partial charge in [-0.2, -0.15) is 11.8 Å². The summed E-state index contributed by atoms with van der Waals surface area (Å²) in [6, 6.07) is 0.0575. The van der Waals surface area contributed by atoms with Crippen molar-refractivity contribution in [1.29, 1.82) is 0 Å². The van der Waals surface area contributed by atoms with Crippen molar-refractivity contribution in [2.45, 2.75) is 32.2 Å². The largest absolute Gasteiger partial charge is 0.341 e. The molecular formula is C10H20N2OS. The molecule has 1 saturated heterocycles. The van der Waals surface area contributed by atoms with E-state index in [1.54, 1.807) is 0 Å². The van der Waals surface area contributed by atoms with Gasteiger partial charge in [0, 0.05) is 37.1 Å². The minimum atomic E-state index is 0.0575. The molecule has 82 valence electrons. The Kier molecular flexibility index (Phi) is 5.33. The Bertz CT molecular complexity index is 181. The van der Waals surface area contributed by atoms with Crippen molar-refractivity contribution in [1.82, 2.24) is 4.90 Å². The van der Waals surface area contributed by atoms with Crippen LogP contribution >= 0.6 is 11.8 Å². The Hall–Kier alpha value is -0.220. The number of carbonyl (C=O) groups is 1. The summed E-state index contributed by atoms with van der Waals surface area (Å²) in [4.78, 5) is 13.7. The fraction of sp³-hybridized carbons (Fsp3) is 0.900. The van der Waals surface area contributed by atoms with Crippen LogP contribution in [-0.4, -0.2) is 41.4 Å². The van der Waals surface area contributed by atoms with Gasteiger partial charge in [-0.3, -0.25) is 4.79 Å². The number of hydrogen-bond acceptors (Lipinski definition) is 3. The van der Waals surface area contributed by atoms with Gasteiger partial charge in [0.15, 0.2) is 0 Å². The van der Waals surface area contributed by atoms with E-state index in [-0.39, 0.29) is 11.9 Å². The molecule has 1 rings (SSSR count). The Morgan fingerprint density at radius 1 is 1.50 bits per heavy atom. The molecule has 0 saturated carbocycles. The maximum absolute atomic E-state index is 11.7. The number of carbonyl (C=O) groups excluding carboxylic acids is 1. The van der Waals surface area contributed by atoms with Crippen molar-refractivity contribution in [3.63, 3.8) is 0 Å². The molecule has 1 atom stereocenters. The van der Waals surface area contributed by atoms with E-state index in [2.05, 4.69) is 6.92 Å². The van der Waals surface area contributed by atoms with Crippen molar-refractivity contribution in [3.8, 4) is 0 Å². The Morgan fingerprint density at radius 2 is 2.14 bits per heavy atom. The van der Waals surface area contributed by atoms with Gasteiger partial charge in [-0.15, -0.1) is 0 Å². The van der Waals surface area contributed by atoms with E-state index >= 15 is 0 Å². The average Bonchev–Trinajstić information content (AvgIpc) is 2.19. The molecule has 1 fully saturated rings. The summed E-state index contributed by atoms with van der Waals surface area (Å²) in [6.07, 6.45) is 2.54. The van der Waals surface area contributed by atoms with Crippen LogP contribution in [0.2, 0.25) is 0 Å². The smallest absolute Gasteiger partial charge is 0.224 e. The van der Waals surface area contributed by atoms with Crippen molar-refractivity contribution >= 4 is 17.7 Å². The van der Waals surface area contributed by atoms with Gasteiger partial charge < -0.3 is 10.6 Å². The van der Waals surface area contributed by atoms with E-state index in [1.165, 1.54) is 0 Å². The van der Waals surface area contributed by atoms with Crippen molar-refractivity contribution in [2.24, 2.45) is 5.73 Å². The predicted molar refractivity (Wildman–Crippen MR) is 61.4 cm³/mol. The van der Waals surface area contributed by atoms with Crippen LogP contribution in [0.5, 0.6) is 0 Å². The summed E-state index contributed by atoms with van der Waals surface area (Å²) in [6.45, 7) is 3.91. The third-order valence-electron chi connectivity index (χ3n) is 2.46. The minimum absolute atomic E-state index is 0.0575. The van der Waals surface area contributed by atoms with Crippen LogP contribution < -0.4 is 5.73 Å². The molecule has 0 aliphatic carbocycles. The van der Waals surface area contributed by atoms with Crippen molar-refractivity contribution in [2.75, 3.05) is 24.6 Å². The molecule has 0 spiro atoms. The maximum Gasteiger partial charge on any atom is 0.224 e. The Balaban J connectivity index is 2.25. The normalized spacial score (nSPS) is 19.4. The van der Waals surface area contributed by atoms with Crippen LogP contribution in [0.25, 0.3) is 0 Å². The zero-order valence-electron chi connectivity index (χ0n) is 8.87. The number of nitrogens with two attached hydrogens (primary N) is 1. The average molecular weight is 216 g/mol. The number of thioether (sulfide) groups is 1. The van der Waals surface area contributed by atoms with Crippen LogP contribution in [0.3, 0.4) is 0 Å². The molecule has 14 heavy (non-hydrogen) atoms. The van der Waals surface area contributed by atoms with E-state index in [0.29, 0.717) is 6.42 Å². The summed E-state index contributed by atoms with van der Waals surface area (Å²) in [5.74, 6) is 2.40. The summed E-state index contributed by atoms with van der Waals surface area (Å²) < 4.78 is 0. The lowest BCUT2D eigenvalue weighted by molar-refractivity contribution is -0.131. The third kappa shape index (κ3) is 3.88. The lowest BCUT2D eigenvalue weighted by Crippen LogP contribution is -2.40. The quantitative estimate of drug-likeness (QED) is 0.765. The highest BCUT2D eigenvalue weighted by Crippen LogP contribution is 2.11. The van der Waals surface area contributed by atoms with Gasteiger partial charge >= 0.3 is 0 Å². The first-order chi connectivity index (χ1) is 6.74. The topological polar surface area (TPSA) is 46.3 Å². The van der Waals surface area contributed by atoms with E-state index in [4.69, 9.17) is 5.73 Å². The van der Waals surface area contributed by atoms with Crippen molar-refractivity contribution in [3.05, 3.63) is 0 Å². The lowest BCUT2D eigenvalue weighted by atomic mass is 10.1. The molecule has 1 heterocycles. The molecule has 1 amide bonds. The second kappa shape index (κ2) is 6.30. The van der Waals surface area contributed by atoms with Gasteiger partial charge in [0.2, 0.25) is 5.91 Å². The number of amides is 1. The van der Waals surface area contributed by atoms with Gasteiger partial charge in [0.05, 0.1) is 0 Å². The molecule has 3 nitrogen and oxygen atoms in total. The maximum atomic E-state index is 11.7. The van der Waals surface area contributed by atoms with Crippen molar-refractivity contribution < 1.29 is 4.79 Å². The zero-order valence-corrected chi connectivity index (χ0v) is 9.68. The van der Waals surface area contributed by atoms with E-state index in [9.17, 15) is 4.79 Å². The summed E-state index contributed by atoms with van der Waals surface area (Å²) in [7, 11) is 0. The first kappa shape index (κ1) is 11.9. The van der Waals surface area contributed by atoms with Crippen LogP contribution in [0.4, 0.5) is 0 Å². The van der Waals surface area contributed by atoms with E-state index < -0.39 is 0 Å². The third-order valence-corrected chi connectivity index (χ3v) is 3.40. The number of hydrogen-bond donors (Lipinski definition) is 1. The molecular weight excluding hydrogens is 196 g/mol. The van der Waals surface area contributed by atoms with Gasteiger partial charge in [-0.1, -0.05) is 13.3 Å². The van der Waals surface area contributed by atoms with E-state index in [1.807, 2.05) is 16.7 Å². The summed E-state index contributed by atoms with van der Waals surface area (Å²) >= 11 is 1.92. The highest BCUT2D eigenvalue weighted by atomic mass is 32.2. The number of nitrogens with zero attached hydrogens (tertiary/aromatic N) is 1. The number of rotatable bonds is 4. The molecule has 1 unspecified atom stereocenters. The highest BCUT2D eigenvalue weighted by molar-refractivity contribution is 7.99. The van der Waals surface area contributed by atoms with Gasteiger partial charge in [-0.25, -0.2) is 0 Å². The highest BCUT2D eigenvalue weighted by Gasteiger charge is 2.18. The molecule has 0 bridgehead atoms. The van der Waals surface area contributed by atoms with Crippen LogP contribution in [0.15, 0.2) is 0 Å². The Labute approximate surface area is 90.4 Å². The molecule has 0 radical (unpaired) electrons. The molecule has 1 aliphatic rings. The Morgan fingerprint density at radius 3 is 2.71 bits per heavy atom. The first-order valence-electron chi connectivity index (χ1n) is 5.35. The molecule has 0 aromatic rings. The molecule has 4 heteroatoms. The molecule has 1 aliphatic heterocycles. The van der Waals surface area contributed by atoms with Crippen LogP contribution in [-0.2, 0) is 4.79 Å². The zero-order chi connectivity index (χ0) is 10.4. The lowest BCUT2D eigenvalue weighted by Gasteiger charge is -2.27. The van der Waals surface area contributed by atoms with Crippen LogP contribution in [0, 0.1) is 0 Å². The summed E-state index contributed by atoms with van der Waals surface area (Å²) in [5, 5.41) is 0. The second-order valence-corrected chi connectivity index (χ2v) is 4.97. The molecule has 0 aromatic carbocycles. The fourth-order valence-corrected chi connectivity index (χ4v) is 2.54. The first-order valence-corrected chi connectivity index (χ1v) is 6.50. The monoisotopic (exact) mass is 216 g/mol. The van der Waals surface area contributed by atoms with Gasteiger partial charge in [-0.05, 0) is 6.42 Å². The van der Waals surface area contributed by atoms with Gasteiger partial charge in [0.25, 0.3) is 0 Å². The van der Waals surface area contributed by atoms with Crippen LogP contribution in [0.1, 0.15) is 26.2 Å². The molecule has 0 aromatic heterocycles. The SMILES string of the molecule is CCCC(N)CC(=O)N1CCSCC1. The summed E-state index contributed by atoms with van der Waals surface area (Å²) in [5.41, 5.74) is 5.84.